The summed E-state index contributed by atoms with van der Waals surface area (Å²) in [7, 11) is 0. The van der Waals surface area contributed by atoms with Gasteiger partial charge in [-0.1, -0.05) is 58.3 Å². The molecule has 0 amide bonds. The molecule has 0 saturated carbocycles. The van der Waals surface area contributed by atoms with Crippen LogP contribution in [-0.2, 0) is 28.5 Å². The lowest BCUT2D eigenvalue weighted by atomic mass is 10.1. The fourth-order valence-electron chi connectivity index (χ4n) is 2.62. The highest BCUT2D eigenvalue weighted by molar-refractivity contribution is 5.68. The molecule has 0 bridgehead atoms. The van der Waals surface area contributed by atoms with E-state index in [1.165, 1.54) is 38.5 Å². The summed E-state index contributed by atoms with van der Waals surface area (Å²) in [5, 5.41) is 17.2. The molecule has 0 fully saturated rings. The van der Waals surface area contributed by atoms with E-state index in [-0.39, 0.29) is 25.9 Å². The lowest BCUT2D eigenvalue weighted by Gasteiger charge is -2.17. The second-order valence-corrected chi connectivity index (χ2v) is 6.72. The molecule has 0 aromatic rings. The van der Waals surface area contributed by atoms with Crippen LogP contribution in [0.5, 0.6) is 0 Å². The molecule has 0 saturated heterocycles. The highest BCUT2D eigenvalue weighted by atomic mass is 16.6. The largest absolute Gasteiger partial charge is 0.480 e. The molecule has 0 aliphatic carbocycles. The molecule has 166 valence electrons. The van der Waals surface area contributed by atoms with Gasteiger partial charge in [-0.15, -0.1) is 0 Å². The molecule has 0 radical (unpaired) electrons. The van der Waals surface area contributed by atoms with Crippen LogP contribution >= 0.6 is 0 Å². The van der Waals surface area contributed by atoms with Gasteiger partial charge in [-0.05, 0) is 6.42 Å². The van der Waals surface area contributed by atoms with E-state index >= 15 is 0 Å². The van der Waals surface area contributed by atoms with E-state index in [0.717, 1.165) is 19.3 Å². The molecule has 0 rings (SSSR count). The minimum Gasteiger partial charge on any atom is -0.480 e. The van der Waals surface area contributed by atoms with Crippen molar-refractivity contribution in [1.29, 1.82) is 0 Å². The van der Waals surface area contributed by atoms with E-state index in [4.69, 9.17) is 29.2 Å². The fourth-order valence-corrected chi connectivity index (χ4v) is 2.62. The van der Waals surface area contributed by atoms with Gasteiger partial charge in [-0.2, -0.15) is 0 Å². The molecule has 28 heavy (non-hydrogen) atoms. The monoisotopic (exact) mass is 406 g/mol. The number of unbranched alkanes of at least 4 members (excludes halogenated alkanes) is 7. The average molecular weight is 407 g/mol. The van der Waals surface area contributed by atoms with Gasteiger partial charge >= 0.3 is 11.9 Å². The summed E-state index contributed by atoms with van der Waals surface area (Å²) in [6.07, 6.45) is 10.3. The first kappa shape index (κ1) is 26.8. The summed E-state index contributed by atoms with van der Waals surface area (Å²) in [4.78, 5) is 21.0. The zero-order chi connectivity index (χ0) is 20.9. The molecule has 0 spiro atoms. The highest BCUT2D eigenvalue weighted by Gasteiger charge is 2.11. The quantitative estimate of drug-likeness (QED) is 0.264. The molecule has 0 heterocycles. The van der Waals surface area contributed by atoms with Gasteiger partial charge in [0, 0.05) is 0 Å². The van der Waals surface area contributed by atoms with E-state index < -0.39 is 11.9 Å². The van der Waals surface area contributed by atoms with E-state index in [0.29, 0.717) is 26.4 Å². The number of carbonyl (C=O) groups is 2. The lowest BCUT2D eigenvalue weighted by molar-refractivity contribution is -0.146. The van der Waals surface area contributed by atoms with Gasteiger partial charge in [0.05, 0.1) is 39.1 Å². The number of hydrogen-bond donors (Lipinski definition) is 2. The third-order valence-corrected chi connectivity index (χ3v) is 4.10. The first-order valence-electron chi connectivity index (χ1n) is 10.3. The predicted molar refractivity (Wildman–Crippen MR) is 105 cm³/mol. The van der Waals surface area contributed by atoms with Crippen LogP contribution in [0.3, 0.4) is 0 Å². The van der Waals surface area contributed by atoms with Crippen molar-refractivity contribution in [1.82, 2.24) is 0 Å². The normalized spacial score (nSPS) is 12.2. The molecule has 0 aliphatic rings. The van der Waals surface area contributed by atoms with E-state index in [2.05, 4.69) is 6.92 Å². The summed E-state index contributed by atoms with van der Waals surface area (Å²) in [5.74, 6) is -1.99. The molecule has 8 heteroatoms. The molecule has 1 atom stereocenters. The van der Waals surface area contributed by atoms with Gasteiger partial charge in [0.15, 0.2) is 0 Å². The molecule has 0 aromatic heterocycles. The minimum atomic E-state index is -1.01. The number of rotatable bonds is 22. The summed E-state index contributed by atoms with van der Waals surface area (Å²) >= 11 is 0. The Morgan fingerprint density at radius 2 is 1.25 bits per heavy atom. The van der Waals surface area contributed by atoms with Crippen LogP contribution in [0.2, 0.25) is 0 Å². The first-order valence-corrected chi connectivity index (χ1v) is 10.3. The minimum absolute atomic E-state index is 0.217. The topological polar surface area (TPSA) is 112 Å². The summed E-state index contributed by atoms with van der Waals surface area (Å²) in [6, 6.07) is 0. The van der Waals surface area contributed by atoms with Gasteiger partial charge < -0.3 is 29.2 Å². The Morgan fingerprint density at radius 3 is 1.86 bits per heavy atom. The molecule has 0 aromatic carbocycles. The maximum absolute atomic E-state index is 10.7. The molecular weight excluding hydrogens is 368 g/mol. The Hall–Kier alpha value is -1.22. The van der Waals surface area contributed by atoms with Gasteiger partial charge in [-0.25, -0.2) is 9.59 Å². The van der Waals surface area contributed by atoms with Crippen LogP contribution in [0.15, 0.2) is 0 Å². The number of hydrogen-bond acceptors (Lipinski definition) is 6. The Balaban J connectivity index is 3.69. The van der Waals surface area contributed by atoms with Gasteiger partial charge in [0.25, 0.3) is 0 Å². The van der Waals surface area contributed by atoms with Crippen molar-refractivity contribution in [2.75, 3.05) is 46.2 Å². The Kier molecular flexibility index (Phi) is 19.6. The second-order valence-electron chi connectivity index (χ2n) is 6.72. The standard InChI is InChI=1S/C20H38O8/c1-2-3-4-5-6-7-8-9-10-18(28-17-20(23)24)15-26-13-11-25-12-14-27-16-19(21)22/h18H,2-17H2,1H3,(H,21,22)(H,23,24). The lowest BCUT2D eigenvalue weighted by Crippen LogP contribution is -2.24. The maximum Gasteiger partial charge on any atom is 0.329 e. The van der Waals surface area contributed by atoms with E-state index in [1.807, 2.05) is 0 Å². The maximum atomic E-state index is 10.7. The highest BCUT2D eigenvalue weighted by Crippen LogP contribution is 2.12. The smallest absolute Gasteiger partial charge is 0.329 e. The summed E-state index contributed by atoms with van der Waals surface area (Å²) in [5.41, 5.74) is 0. The Bertz CT molecular complexity index is 375. The zero-order valence-corrected chi connectivity index (χ0v) is 17.2. The molecular formula is C20H38O8. The van der Waals surface area contributed by atoms with Crippen LogP contribution in [0.1, 0.15) is 64.7 Å². The second kappa shape index (κ2) is 20.5. The number of ether oxygens (including phenoxy) is 4. The molecule has 8 nitrogen and oxygen atoms in total. The van der Waals surface area contributed by atoms with Crippen LogP contribution in [0.25, 0.3) is 0 Å². The van der Waals surface area contributed by atoms with Crippen molar-refractivity contribution in [2.24, 2.45) is 0 Å². The van der Waals surface area contributed by atoms with Crippen molar-refractivity contribution in [3.63, 3.8) is 0 Å². The molecule has 1 unspecified atom stereocenters. The number of carboxylic acid groups (broad SMARTS) is 2. The van der Waals surface area contributed by atoms with Crippen molar-refractivity contribution >= 4 is 11.9 Å². The Labute approximate surface area is 168 Å². The predicted octanol–water partition coefficient (Wildman–Crippen LogP) is 3.12. The van der Waals surface area contributed by atoms with Gasteiger partial charge in [0.2, 0.25) is 0 Å². The van der Waals surface area contributed by atoms with Crippen LogP contribution < -0.4 is 0 Å². The van der Waals surface area contributed by atoms with Crippen LogP contribution in [0, 0.1) is 0 Å². The summed E-state index contributed by atoms with van der Waals surface area (Å²) in [6.45, 7) is 3.14. The summed E-state index contributed by atoms with van der Waals surface area (Å²) < 4.78 is 21.0. The van der Waals surface area contributed by atoms with Crippen molar-refractivity contribution in [3.05, 3.63) is 0 Å². The van der Waals surface area contributed by atoms with Gasteiger partial charge in [-0.3, -0.25) is 0 Å². The third-order valence-electron chi connectivity index (χ3n) is 4.10. The average Bonchev–Trinajstić information content (AvgIpc) is 2.65. The first-order chi connectivity index (χ1) is 13.6. The number of carboxylic acids is 2. The number of aliphatic carboxylic acids is 2. The van der Waals surface area contributed by atoms with E-state index in [9.17, 15) is 9.59 Å². The zero-order valence-electron chi connectivity index (χ0n) is 17.2. The molecule has 2 N–H and O–H groups in total. The van der Waals surface area contributed by atoms with E-state index in [1.54, 1.807) is 0 Å². The third kappa shape index (κ3) is 21.1. The van der Waals surface area contributed by atoms with Crippen molar-refractivity contribution < 1.29 is 38.7 Å². The molecule has 0 aliphatic heterocycles. The SMILES string of the molecule is CCCCCCCCCCC(COCCOCCOCC(=O)O)OCC(=O)O. The Morgan fingerprint density at radius 1 is 0.714 bits per heavy atom. The van der Waals surface area contributed by atoms with Crippen LogP contribution in [-0.4, -0.2) is 74.5 Å². The fraction of sp³-hybridized carbons (Fsp3) is 0.900. The van der Waals surface area contributed by atoms with Crippen LogP contribution in [0.4, 0.5) is 0 Å². The van der Waals surface area contributed by atoms with Gasteiger partial charge in [0.1, 0.15) is 13.2 Å². The van der Waals surface area contributed by atoms with Crippen molar-refractivity contribution in [2.45, 2.75) is 70.8 Å². The van der Waals surface area contributed by atoms with Crippen molar-refractivity contribution in [3.8, 4) is 0 Å².